The van der Waals surface area contributed by atoms with Gasteiger partial charge in [-0.3, -0.25) is 14.9 Å². The van der Waals surface area contributed by atoms with E-state index in [1.807, 2.05) is 0 Å². The van der Waals surface area contributed by atoms with Gasteiger partial charge < -0.3 is 5.32 Å². The van der Waals surface area contributed by atoms with Crippen LogP contribution < -0.4 is 5.32 Å². The fraction of sp³-hybridized carbons (Fsp3) is 0. The summed E-state index contributed by atoms with van der Waals surface area (Å²) in [6, 6.07) is 6.58. The molecule has 1 amide bonds. The molecule has 0 saturated carbocycles. The van der Waals surface area contributed by atoms with Gasteiger partial charge in [-0.15, -0.1) is 0 Å². The van der Waals surface area contributed by atoms with E-state index in [0.29, 0.717) is 0 Å². The summed E-state index contributed by atoms with van der Waals surface area (Å²) < 4.78 is 25.8. The summed E-state index contributed by atoms with van der Waals surface area (Å²) in [5, 5.41) is 13.0. The fourth-order valence-electron chi connectivity index (χ4n) is 1.66. The first-order chi connectivity index (χ1) is 9.90. The van der Waals surface area contributed by atoms with Crippen molar-refractivity contribution in [1.82, 2.24) is 0 Å². The zero-order valence-corrected chi connectivity index (χ0v) is 11.0. The Morgan fingerprint density at radius 1 is 1.19 bits per heavy atom. The van der Waals surface area contributed by atoms with Gasteiger partial charge in [0.2, 0.25) is 0 Å². The van der Waals surface area contributed by atoms with Crippen LogP contribution in [-0.2, 0) is 0 Å². The predicted octanol–water partition coefficient (Wildman–Crippen LogP) is 3.78. The van der Waals surface area contributed by atoms with E-state index in [9.17, 15) is 23.7 Å². The highest BCUT2D eigenvalue weighted by atomic mass is 35.5. The molecule has 0 aromatic heterocycles. The third-order valence-electron chi connectivity index (χ3n) is 2.59. The van der Waals surface area contributed by atoms with E-state index in [4.69, 9.17) is 11.6 Å². The second kappa shape index (κ2) is 5.84. The maximum atomic E-state index is 13.0. The zero-order chi connectivity index (χ0) is 15.6. The Hall–Kier alpha value is -2.54. The molecule has 2 aromatic rings. The molecule has 108 valence electrons. The maximum absolute atomic E-state index is 13.0. The Labute approximate surface area is 122 Å². The van der Waals surface area contributed by atoms with Gasteiger partial charge in [0.25, 0.3) is 5.91 Å². The lowest BCUT2D eigenvalue weighted by atomic mass is 10.1. The van der Waals surface area contributed by atoms with Crippen LogP contribution in [0.4, 0.5) is 20.2 Å². The normalized spacial score (nSPS) is 10.2. The molecule has 0 bridgehead atoms. The Balaban J connectivity index is 2.35. The highest BCUT2D eigenvalue weighted by Gasteiger charge is 2.23. The first-order valence-corrected chi connectivity index (χ1v) is 5.97. The van der Waals surface area contributed by atoms with E-state index in [2.05, 4.69) is 5.32 Å². The van der Waals surface area contributed by atoms with Crippen molar-refractivity contribution >= 4 is 28.9 Å². The van der Waals surface area contributed by atoms with Crippen LogP contribution in [0.3, 0.4) is 0 Å². The quantitative estimate of drug-likeness (QED) is 0.692. The van der Waals surface area contributed by atoms with Crippen LogP contribution in [-0.4, -0.2) is 10.8 Å². The van der Waals surface area contributed by atoms with Crippen LogP contribution in [0.2, 0.25) is 5.02 Å². The lowest BCUT2D eigenvalue weighted by Gasteiger charge is -2.07. The van der Waals surface area contributed by atoms with Gasteiger partial charge in [-0.1, -0.05) is 17.7 Å². The summed E-state index contributed by atoms with van der Waals surface area (Å²) in [6.45, 7) is 0. The molecule has 1 N–H and O–H groups in total. The Morgan fingerprint density at radius 2 is 1.90 bits per heavy atom. The summed E-state index contributed by atoms with van der Waals surface area (Å²) in [4.78, 5) is 22.1. The van der Waals surface area contributed by atoms with Gasteiger partial charge in [-0.05, 0) is 24.3 Å². The molecule has 0 spiro atoms. The lowest BCUT2D eigenvalue weighted by molar-refractivity contribution is -0.385. The second-order valence-electron chi connectivity index (χ2n) is 3.98. The molecule has 5 nitrogen and oxygen atoms in total. The van der Waals surface area contributed by atoms with Gasteiger partial charge >= 0.3 is 5.69 Å². The van der Waals surface area contributed by atoms with E-state index < -0.39 is 28.2 Å². The zero-order valence-electron chi connectivity index (χ0n) is 10.3. The highest BCUT2D eigenvalue weighted by molar-refractivity contribution is 6.33. The van der Waals surface area contributed by atoms with Gasteiger partial charge in [-0.2, -0.15) is 0 Å². The van der Waals surface area contributed by atoms with Crippen molar-refractivity contribution in [2.24, 2.45) is 0 Å². The SMILES string of the molecule is O=C(Nc1ccc(F)c(F)c1)c1cccc(Cl)c1[N+](=O)[O-]. The van der Waals surface area contributed by atoms with Crippen molar-refractivity contribution in [3.63, 3.8) is 0 Å². The number of nitrogens with one attached hydrogen (secondary N) is 1. The number of carbonyl (C=O) groups is 1. The average Bonchev–Trinajstić information content (AvgIpc) is 2.42. The minimum Gasteiger partial charge on any atom is -0.322 e. The molecule has 8 heteroatoms. The fourth-order valence-corrected chi connectivity index (χ4v) is 1.90. The molecular weight excluding hydrogens is 306 g/mol. The van der Waals surface area contributed by atoms with E-state index in [1.54, 1.807) is 0 Å². The van der Waals surface area contributed by atoms with Crippen LogP contribution in [0.25, 0.3) is 0 Å². The average molecular weight is 313 g/mol. The number of halogens is 3. The van der Waals surface area contributed by atoms with Crippen molar-refractivity contribution in [2.45, 2.75) is 0 Å². The minimum atomic E-state index is -1.15. The molecule has 0 radical (unpaired) electrons. The lowest BCUT2D eigenvalue weighted by Crippen LogP contribution is -2.14. The summed E-state index contributed by atoms with van der Waals surface area (Å²) in [5.74, 6) is -3.06. The number of carbonyl (C=O) groups excluding carboxylic acids is 1. The third kappa shape index (κ3) is 3.14. The van der Waals surface area contributed by atoms with Crippen molar-refractivity contribution in [1.29, 1.82) is 0 Å². The predicted molar refractivity (Wildman–Crippen MR) is 72.4 cm³/mol. The number of hydrogen-bond acceptors (Lipinski definition) is 3. The molecule has 21 heavy (non-hydrogen) atoms. The summed E-state index contributed by atoms with van der Waals surface area (Å²) in [6.07, 6.45) is 0. The number of hydrogen-bond donors (Lipinski definition) is 1. The van der Waals surface area contributed by atoms with Gasteiger partial charge in [0.1, 0.15) is 10.6 Å². The number of anilines is 1. The largest absolute Gasteiger partial charge is 0.322 e. The molecule has 0 heterocycles. The first kappa shape index (κ1) is 14.9. The van der Waals surface area contributed by atoms with Crippen LogP contribution in [0.5, 0.6) is 0 Å². The van der Waals surface area contributed by atoms with E-state index in [1.165, 1.54) is 18.2 Å². The Bertz CT molecular complexity index is 737. The van der Waals surface area contributed by atoms with Crippen LogP contribution >= 0.6 is 11.6 Å². The van der Waals surface area contributed by atoms with Crippen molar-refractivity contribution < 1.29 is 18.5 Å². The summed E-state index contributed by atoms with van der Waals surface area (Å²) in [5.41, 5.74) is -0.871. The summed E-state index contributed by atoms with van der Waals surface area (Å²) in [7, 11) is 0. The molecule has 2 aromatic carbocycles. The Morgan fingerprint density at radius 3 is 2.52 bits per heavy atom. The van der Waals surface area contributed by atoms with Gasteiger partial charge in [-0.25, -0.2) is 8.78 Å². The van der Waals surface area contributed by atoms with Gasteiger partial charge in [0, 0.05) is 11.8 Å². The topological polar surface area (TPSA) is 72.2 Å². The van der Waals surface area contributed by atoms with Gasteiger partial charge in [0.05, 0.1) is 4.92 Å². The number of nitro benzene ring substituents is 1. The number of nitro groups is 1. The number of nitrogens with zero attached hydrogens (tertiary/aromatic N) is 1. The van der Waals surface area contributed by atoms with Crippen LogP contribution in [0.15, 0.2) is 36.4 Å². The number of para-hydroxylation sites is 1. The van der Waals surface area contributed by atoms with Crippen molar-refractivity contribution in [2.75, 3.05) is 5.32 Å². The van der Waals surface area contributed by atoms with Crippen molar-refractivity contribution in [3.8, 4) is 0 Å². The smallest absolute Gasteiger partial charge is 0.300 e. The molecule has 0 saturated heterocycles. The molecule has 0 fully saturated rings. The Kier molecular flexibility index (Phi) is 4.13. The molecule has 0 atom stereocenters. The van der Waals surface area contributed by atoms with E-state index >= 15 is 0 Å². The van der Waals surface area contributed by atoms with Crippen LogP contribution in [0.1, 0.15) is 10.4 Å². The highest BCUT2D eigenvalue weighted by Crippen LogP contribution is 2.28. The standard InChI is InChI=1S/C13H7ClF2N2O3/c14-9-3-1-2-8(12(9)18(20)21)13(19)17-7-4-5-10(15)11(16)6-7/h1-6H,(H,17,19). The number of benzene rings is 2. The maximum Gasteiger partial charge on any atom is 0.300 e. The monoisotopic (exact) mass is 312 g/mol. The van der Waals surface area contributed by atoms with Crippen molar-refractivity contribution in [3.05, 3.63) is 68.7 Å². The molecule has 2 rings (SSSR count). The summed E-state index contributed by atoms with van der Waals surface area (Å²) >= 11 is 5.69. The molecule has 0 aliphatic heterocycles. The van der Waals surface area contributed by atoms with Crippen LogP contribution in [0, 0.1) is 21.7 Å². The second-order valence-corrected chi connectivity index (χ2v) is 4.38. The van der Waals surface area contributed by atoms with Gasteiger partial charge in [0.15, 0.2) is 11.6 Å². The molecule has 0 unspecified atom stereocenters. The minimum absolute atomic E-state index is 0.0341. The van der Waals surface area contributed by atoms with E-state index in [-0.39, 0.29) is 16.3 Å². The molecule has 0 aliphatic rings. The third-order valence-corrected chi connectivity index (χ3v) is 2.90. The molecular formula is C13H7ClF2N2O3. The number of rotatable bonds is 3. The number of amides is 1. The first-order valence-electron chi connectivity index (χ1n) is 5.59. The molecule has 0 aliphatic carbocycles. The van der Waals surface area contributed by atoms with E-state index in [0.717, 1.165) is 18.2 Å².